The number of halogens is 3. The molecule has 0 amide bonds. The Bertz CT molecular complexity index is 631. The predicted octanol–water partition coefficient (Wildman–Crippen LogP) is 4.37. The lowest BCUT2D eigenvalue weighted by molar-refractivity contribution is -0.673. The zero-order valence-electron chi connectivity index (χ0n) is 11.7. The summed E-state index contributed by atoms with van der Waals surface area (Å²) >= 11 is 2.46. The minimum atomic E-state index is -4.33. The normalized spacial score (nSPS) is 12.2. The van der Waals surface area contributed by atoms with E-state index in [0.717, 1.165) is 40.7 Å². The van der Waals surface area contributed by atoms with Crippen molar-refractivity contribution >= 4 is 33.6 Å². The van der Waals surface area contributed by atoms with E-state index in [2.05, 4.69) is 9.37 Å². The molecular weight excluding hydrogens is 339 g/mol. The fourth-order valence-corrected chi connectivity index (χ4v) is 3.60. The molecule has 0 aliphatic heterocycles. The van der Waals surface area contributed by atoms with Crippen LogP contribution < -0.4 is 4.57 Å². The van der Waals surface area contributed by atoms with Crippen LogP contribution in [-0.2, 0) is 22.1 Å². The molecule has 0 aliphatic rings. The second-order valence-corrected chi connectivity index (χ2v) is 6.64. The summed E-state index contributed by atoms with van der Waals surface area (Å²) in [5.41, 5.74) is -0.0180. The van der Waals surface area contributed by atoms with Gasteiger partial charge in [-0.05, 0) is 18.6 Å². The average molecular weight is 354 g/mol. The molecule has 0 unspecified atom stereocenters. The van der Waals surface area contributed by atoms with Gasteiger partial charge in [-0.25, -0.2) is 5.26 Å². The summed E-state index contributed by atoms with van der Waals surface area (Å²) in [6.45, 7) is 2.53. The molecule has 0 saturated carbocycles. The first-order chi connectivity index (χ1) is 10.4. The summed E-state index contributed by atoms with van der Waals surface area (Å²) in [6, 6.07) is 3.84. The summed E-state index contributed by atoms with van der Waals surface area (Å²) in [4.78, 5) is 0. The van der Waals surface area contributed by atoms with E-state index < -0.39 is 11.7 Å². The molecule has 9 heteroatoms. The molecular formula is C13H15F3NO3S2+. The fourth-order valence-electron chi connectivity index (χ4n) is 2.14. The highest BCUT2D eigenvalue weighted by Crippen LogP contribution is 2.32. The van der Waals surface area contributed by atoms with Gasteiger partial charge in [0.15, 0.2) is 0 Å². The van der Waals surface area contributed by atoms with Gasteiger partial charge in [0.2, 0.25) is 10.5 Å². The van der Waals surface area contributed by atoms with Crippen LogP contribution in [0.3, 0.4) is 0 Å². The summed E-state index contributed by atoms with van der Waals surface area (Å²) in [5.74, 6) is 0.621. The Morgan fingerprint density at radius 1 is 1.32 bits per heavy atom. The van der Waals surface area contributed by atoms with Gasteiger partial charge < -0.3 is 0 Å². The maximum Gasteiger partial charge on any atom is 0.416 e. The molecule has 1 aromatic carbocycles. The number of benzene rings is 1. The van der Waals surface area contributed by atoms with Gasteiger partial charge >= 0.3 is 6.18 Å². The lowest BCUT2D eigenvalue weighted by Crippen LogP contribution is -2.35. The van der Waals surface area contributed by atoms with Crippen LogP contribution in [0.15, 0.2) is 18.2 Å². The number of aromatic nitrogens is 1. The van der Waals surface area contributed by atoms with Gasteiger partial charge in [-0.15, -0.1) is 4.33 Å². The Morgan fingerprint density at radius 3 is 2.77 bits per heavy atom. The Kier molecular flexibility index (Phi) is 6.04. The standard InChI is InChI=1S/C13H14F3NO3S2/c1-9-17(6-2-3-7-21-20-19-18)11-8-10(13(14,15)16)4-5-12(11)22-9/h4-5,8H,2-3,6-7H2,1H3/p+1. The summed E-state index contributed by atoms with van der Waals surface area (Å²) in [7, 11) is 0. The van der Waals surface area contributed by atoms with Crippen LogP contribution >= 0.6 is 23.4 Å². The maximum atomic E-state index is 12.8. The maximum absolute atomic E-state index is 12.8. The third-order valence-electron chi connectivity index (χ3n) is 3.15. The van der Waals surface area contributed by atoms with Crippen molar-refractivity contribution in [1.29, 1.82) is 0 Å². The number of nitrogens with zero attached hydrogens (tertiary/aromatic N) is 1. The van der Waals surface area contributed by atoms with E-state index >= 15 is 0 Å². The van der Waals surface area contributed by atoms with Crippen LogP contribution in [0.5, 0.6) is 0 Å². The largest absolute Gasteiger partial charge is 0.416 e. The molecule has 0 saturated heterocycles. The molecule has 0 atom stereocenters. The Hall–Kier alpha value is -0.870. The first-order valence-electron chi connectivity index (χ1n) is 6.53. The van der Waals surface area contributed by atoms with Gasteiger partial charge in [0.1, 0.15) is 11.2 Å². The van der Waals surface area contributed by atoms with Gasteiger partial charge in [-0.1, -0.05) is 16.4 Å². The van der Waals surface area contributed by atoms with Crippen LogP contribution in [0.2, 0.25) is 0 Å². The van der Waals surface area contributed by atoms with Crippen molar-refractivity contribution in [2.24, 2.45) is 0 Å². The van der Waals surface area contributed by atoms with Gasteiger partial charge in [0.05, 0.1) is 5.56 Å². The molecule has 2 rings (SSSR count). The van der Waals surface area contributed by atoms with E-state index in [0.29, 0.717) is 17.8 Å². The second-order valence-electron chi connectivity index (χ2n) is 4.62. The first kappa shape index (κ1) is 17.5. The zero-order valence-corrected chi connectivity index (χ0v) is 13.4. The molecule has 0 aliphatic carbocycles. The Morgan fingerprint density at radius 2 is 2.09 bits per heavy atom. The van der Waals surface area contributed by atoms with E-state index in [9.17, 15) is 13.2 Å². The highest BCUT2D eigenvalue weighted by Gasteiger charge is 2.32. The molecule has 0 bridgehead atoms. The van der Waals surface area contributed by atoms with Crippen molar-refractivity contribution in [3.63, 3.8) is 0 Å². The minimum Gasteiger partial charge on any atom is -0.220 e. The third-order valence-corrected chi connectivity index (χ3v) is 4.85. The topological polar surface area (TPSA) is 42.6 Å². The Labute approximate surface area is 133 Å². The van der Waals surface area contributed by atoms with E-state index in [4.69, 9.17) is 5.26 Å². The van der Waals surface area contributed by atoms with Crippen molar-refractivity contribution in [1.82, 2.24) is 0 Å². The van der Waals surface area contributed by atoms with Crippen molar-refractivity contribution in [2.45, 2.75) is 32.5 Å². The van der Waals surface area contributed by atoms with Crippen LogP contribution in [0, 0.1) is 6.92 Å². The minimum absolute atomic E-state index is 0.611. The van der Waals surface area contributed by atoms with Crippen LogP contribution in [0.1, 0.15) is 23.4 Å². The molecule has 0 fully saturated rings. The first-order valence-corrected chi connectivity index (χ1v) is 8.26. The lowest BCUT2D eigenvalue weighted by Gasteiger charge is -2.05. The Balaban J connectivity index is 2.09. The van der Waals surface area contributed by atoms with E-state index in [-0.39, 0.29) is 0 Å². The molecule has 2 aromatic rings. The molecule has 0 spiro atoms. The molecule has 122 valence electrons. The number of hydrogen-bond donors (Lipinski definition) is 1. The summed E-state index contributed by atoms with van der Waals surface area (Å²) < 4.78 is 45.5. The van der Waals surface area contributed by atoms with Crippen LogP contribution in [0.4, 0.5) is 13.2 Å². The molecule has 1 N–H and O–H groups in total. The quantitative estimate of drug-likeness (QED) is 0.264. The molecule has 22 heavy (non-hydrogen) atoms. The lowest BCUT2D eigenvalue weighted by atomic mass is 10.2. The highest BCUT2D eigenvalue weighted by atomic mass is 32.2. The van der Waals surface area contributed by atoms with Gasteiger partial charge in [-0.2, -0.15) is 17.7 Å². The van der Waals surface area contributed by atoms with E-state index in [1.54, 1.807) is 0 Å². The number of rotatable bonds is 7. The van der Waals surface area contributed by atoms with Crippen LogP contribution in [-0.4, -0.2) is 11.0 Å². The molecule has 1 heterocycles. The predicted molar refractivity (Wildman–Crippen MR) is 78.2 cm³/mol. The van der Waals surface area contributed by atoms with E-state index in [1.165, 1.54) is 23.5 Å². The highest BCUT2D eigenvalue weighted by molar-refractivity contribution is 7.94. The van der Waals surface area contributed by atoms with Crippen molar-refractivity contribution < 1.29 is 32.4 Å². The summed E-state index contributed by atoms with van der Waals surface area (Å²) in [6.07, 6.45) is -2.76. The van der Waals surface area contributed by atoms with Crippen molar-refractivity contribution in [3.8, 4) is 0 Å². The monoisotopic (exact) mass is 354 g/mol. The van der Waals surface area contributed by atoms with Gasteiger partial charge in [0, 0.05) is 37.2 Å². The SMILES string of the molecule is Cc1sc2ccc(C(F)(F)F)cc2[n+]1CCCCSOOO. The number of unbranched alkanes of at least 4 members (excludes halogenated alkanes) is 1. The number of aryl methyl sites for hydroxylation is 2. The van der Waals surface area contributed by atoms with Crippen LogP contribution in [0.25, 0.3) is 10.2 Å². The van der Waals surface area contributed by atoms with Gasteiger partial charge in [0.25, 0.3) is 0 Å². The number of fused-ring (bicyclic) bond motifs is 1. The smallest absolute Gasteiger partial charge is 0.220 e. The second kappa shape index (κ2) is 7.60. The molecule has 0 radical (unpaired) electrons. The van der Waals surface area contributed by atoms with Crippen molar-refractivity contribution in [3.05, 3.63) is 28.8 Å². The summed E-state index contributed by atoms with van der Waals surface area (Å²) in [5, 5.41) is 12.4. The zero-order chi connectivity index (χ0) is 16.2. The number of hydrogen-bond acceptors (Lipinski definition) is 5. The third kappa shape index (κ3) is 4.32. The fraction of sp³-hybridized carbons (Fsp3) is 0.462. The van der Waals surface area contributed by atoms with E-state index in [1.807, 2.05) is 11.5 Å². The van der Waals surface area contributed by atoms with Gasteiger partial charge in [-0.3, -0.25) is 0 Å². The molecule has 1 aromatic heterocycles. The number of thiazole rings is 1. The number of alkyl halides is 3. The average Bonchev–Trinajstić information content (AvgIpc) is 2.77. The van der Waals surface area contributed by atoms with Crippen molar-refractivity contribution in [2.75, 3.05) is 5.75 Å². The molecule has 4 nitrogen and oxygen atoms in total.